The number of benzene rings is 1. The van der Waals surface area contributed by atoms with Crippen LogP contribution in [0.25, 0.3) is 11.2 Å². The van der Waals surface area contributed by atoms with Gasteiger partial charge in [0.05, 0.1) is 13.1 Å². The van der Waals surface area contributed by atoms with Crippen LogP contribution >= 0.6 is 0 Å². The Bertz CT molecular complexity index is 1380. The van der Waals surface area contributed by atoms with Gasteiger partial charge in [0.1, 0.15) is 20.9 Å². The zero-order chi connectivity index (χ0) is 24.0. The molecule has 1 saturated heterocycles. The number of carbonyl (C=O) groups excluding carboxylic acids is 1. The van der Waals surface area contributed by atoms with Gasteiger partial charge in [0, 0.05) is 18.7 Å². The quantitative estimate of drug-likeness (QED) is 0.543. The van der Waals surface area contributed by atoms with Crippen LogP contribution in [0, 0.1) is 4.78 Å². The number of rotatable bonds is 5. The first-order valence-corrected chi connectivity index (χ1v) is 12.3. The van der Waals surface area contributed by atoms with Crippen molar-refractivity contribution < 1.29 is 13.4 Å². The molecule has 0 spiro atoms. The van der Waals surface area contributed by atoms with Gasteiger partial charge in [0.2, 0.25) is 5.16 Å². The van der Waals surface area contributed by atoms with Crippen molar-refractivity contribution in [2.45, 2.75) is 44.1 Å². The minimum absolute atomic E-state index is 0.0120. The zero-order valence-corrected chi connectivity index (χ0v) is 19.3. The number of nitrogens with zero attached hydrogens (tertiary/aromatic N) is 5. The molecule has 3 heterocycles. The fourth-order valence-electron chi connectivity index (χ4n) is 3.99. The van der Waals surface area contributed by atoms with Crippen LogP contribution in [0.2, 0.25) is 0 Å². The number of nitrogen functional groups attached to an aromatic ring is 1. The Morgan fingerprint density at radius 3 is 2.61 bits per heavy atom. The third-order valence-corrected chi connectivity index (χ3v) is 7.38. The van der Waals surface area contributed by atoms with Crippen LogP contribution in [0.15, 0.2) is 40.3 Å². The molecule has 1 aliphatic rings. The molecule has 1 amide bonds. The number of amides is 1. The summed E-state index contributed by atoms with van der Waals surface area (Å²) in [6.45, 7) is 3.26. The van der Waals surface area contributed by atoms with E-state index < -0.39 is 27.1 Å². The summed E-state index contributed by atoms with van der Waals surface area (Å²) < 4.78 is 37.5. The second kappa shape index (κ2) is 8.25. The van der Waals surface area contributed by atoms with E-state index in [0.717, 1.165) is 10.1 Å². The average molecular weight is 476 g/mol. The number of anilines is 1. The van der Waals surface area contributed by atoms with Gasteiger partial charge in [-0.1, -0.05) is 37.3 Å². The van der Waals surface area contributed by atoms with Crippen LogP contribution in [0.5, 0.6) is 0 Å². The van der Waals surface area contributed by atoms with Crippen LogP contribution in [0.4, 0.5) is 15.0 Å². The molecule has 33 heavy (non-hydrogen) atoms. The fourth-order valence-corrected chi connectivity index (χ4v) is 5.23. The van der Waals surface area contributed by atoms with Crippen LogP contribution in [0.1, 0.15) is 32.3 Å². The average Bonchev–Trinajstić information content (AvgIpc) is 3.26. The Labute approximate surface area is 190 Å². The highest BCUT2D eigenvalue weighted by molar-refractivity contribution is 7.92. The molecule has 0 bridgehead atoms. The maximum absolute atomic E-state index is 14.4. The predicted molar refractivity (Wildman–Crippen MR) is 123 cm³/mol. The summed E-state index contributed by atoms with van der Waals surface area (Å²) in [6, 6.07) is 8.35. The Kier molecular flexibility index (Phi) is 5.72. The molecule has 2 atom stereocenters. The zero-order valence-electron chi connectivity index (χ0n) is 18.5. The number of likely N-dealkylation sites (tertiary alicyclic amines) is 1. The topological polar surface area (TPSA) is 140 Å². The monoisotopic (exact) mass is 475 g/mol. The number of nitrogens with two attached hydrogens (primary N) is 1. The summed E-state index contributed by atoms with van der Waals surface area (Å²) in [4.78, 5) is 36.3. The first-order chi connectivity index (χ1) is 15.5. The molecule has 1 fully saturated rings. The van der Waals surface area contributed by atoms with Crippen molar-refractivity contribution in [1.82, 2.24) is 24.0 Å². The van der Waals surface area contributed by atoms with Gasteiger partial charge in [-0.05, 0) is 18.9 Å². The highest BCUT2D eigenvalue weighted by Crippen LogP contribution is 2.27. The van der Waals surface area contributed by atoms with E-state index >= 15 is 0 Å². The second-order valence-corrected chi connectivity index (χ2v) is 10.6. The smallest absolute Gasteiger partial charge is 0.339 e. The standard InChI is InChI=1S/C21H26FN7O3S/c1-3-11-33(24,32)18-25-16(23)15-17(26-18)28(12-14-7-5-4-6-8-14)20(31)29(15)19(30)27-10-9-21(2,22)13-27/h4-8,24H,3,9-13H2,1-2H3,(H2,23,25,26). The molecule has 2 aromatic heterocycles. The fraction of sp³-hybridized carbons (Fsp3) is 0.429. The van der Waals surface area contributed by atoms with Crippen molar-refractivity contribution in [1.29, 1.82) is 4.78 Å². The van der Waals surface area contributed by atoms with Crippen molar-refractivity contribution >= 4 is 32.7 Å². The van der Waals surface area contributed by atoms with Crippen molar-refractivity contribution in [2.75, 3.05) is 24.6 Å². The van der Waals surface area contributed by atoms with Gasteiger partial charge >= 0.3 is 11.7 Å². The summed E-state index contributed by atoms with van der Waals surface area (Å²) >= 11 is 0. The molecule has 0 radical (unpaired) electrons. The number of hydrogen-bond acceptors (Lipinski definition) is 7. The molecule has 12 heteroatoms. The largest absolute Gasteiger partial charge is 0.382 e. The first-order valence-electron chi connectivity index (χ1n) is 10.6. The van der Waals surface area contributed by atoms with E-state index in [1.54, 1.807) is 6.92 Å². The van der Waals surface area contributed by atoms with Crippen molar-refractivity contribution in [3.8, 4) is 0 Å². The van der Waals surface area contributed by atoms with E-state index in [0.29, 0.717) is 6.42 Å². The molecule has 3 aromatic rings. The van der Waals surface area contributed by atoms with Gasteiger partial charge in [-0.3, -0.25) is 4.57 Å². The lowest BCUT2D eigenvalue weighted by molar-refractivity contribution is 0.180. The normalized spacial score (nSPS) is 20.3. The lowest BCUT2D eigenvalue weighted by atomic mass is 10.1. The Morgan fingerprint density at radius 2 is 2.00 bits per heavy atom. The minimum Gasteiger partial charge on any atom is -0.382 e. The van der Waals surface area contributed by atoms with Gasteiger partial charge < -0.3 is 10.6 Å². The molecule has 3 N–H and O–H groups in total. The molecule has 1 aromatic carbocycles. The summed E-state index contributed by atoms with van der Waals surface area (Å²) in [5, 5.41) is -0.279. The number of imidazole rings is 1. The number of nitrogens with one attached hydrogen (secondary N) is 1. The summed E-state index contributed by atoms with van der Waals surface area (Å²) in [7, 11) is -3.34. The number of halogens is 1. The molecule has 4 rings (SSSR count). The number of aromatic nitrogens is 4. The number of carbonyl (C=O) groups is 1. The van der Waals surface area contributed by atoms with E-state index in [1.165, 1.54) is 16.4 Å². The maximum Gasteiger partial charge on any atom is 0.339 e. The Balaban J connectivity index is 1.94. The Hall–Kier alpha value is -3.28. The molecule has 0 saturated carbocycles. The third kappa shape index (κ3) is 4.22. The molecule has 10 nitrogen and oxygen atoms in total. The third-order valence-electron chi connectivity index (χ3n) is 5.63. The van der Waals surface area contributed by atoms with Gasteiger partial charge in [0.25, 0.3) is 0 Å². The summed E-state index contributed by atoms with van der Waals surface area (Å²) in [5.41, 5.74) is 4.62. The SMILES string of the molecule is CCCS(=N)(=O)c1nc(N)c2c(n1)n(Cc1ccccc1)c(=O)n2C(=O)N1CCC(C)(F)C1. The molecule has 176 valence electrons. The van der Waals surface area contributed by atoms with Gasteiger partial charge in [0.15, 0.2) is 11.5 Å². The van der Waals surface area contributed by atoms with Crippen LogP contribution in [-0.2, 0) is 16.3 Å². The summed E-state index contributed by atoms with van der Waals surface area (Å²) in [6.07, 6.45) is 0.626. The lowest BCUT2D eigenvalue weighted by Gasteiger charge is -2.17. The maximum atomic E-state index is 14.4. The van der Waals surface area contributed by atoms with Crippen LogP contribution in [-0.4, -0.2) is 58.8 Å². The lowest BCUT2D eigenvalue weighted by Crippen LogP contribution is -2.40. The predicted octanol–water partition coefficient (Wildman–Crippen LogP) is 2.44. The van der Waals surface area contributed by atoms with E-state index in [-0.39, 0.29) is 53.9 Å². The number of fused-ring (bicyclic) bond motifs is 1. The molecular weight excluding hydrogens is 449 g/mol. The second-order valence-electron chi connectivity index (χ2n) is 8.50. The van der Waals surface area contributed by atoms with Crippen molar-refractivity contribution in [2.24, 2.45) is 0 Å². The Morgan fingerprint density at radius 1 is 1.30 bits per heavy atom. The van der Waals surface area contributed by atoms with Crippen molar-refractivity contribution in [3.05, 3.63) is 46.4 Å². The number of hydrogen-bond donors (Lipinski definition) is 2. The van der Waals surface area contributed by atoms with E-state index in [4.69, 9.17) is 10.5 Å². The minimum atomic E-state index is -3.34. The highest BCUT2D eigenvalue weighted by Gasteiger charge is 2.38. The molecule has 1 aliphatic heterocycles. The van der Waals surface area contributed by atoms with E-state index in [2.05, 4.69) is 9.97 Å². The first kappa shape index (κ1) is 22.9. The van der Waals surface area contributed by atoms with Gasteiger partial charge in [-0.2, -0.15) is 4.98 Å². The van der Waals surface area contributed by atoms with Gasteiger partial charge in [-0.15, -0.1) is 0 Å². The summed E-state index contributed by atoms with van der Waals surface area (Å²) in [5.74, 6) is -0.200. The van der Waals surface area contributed by atoms with Crippen molar-refractivity contribution in [3.63, 3.8) is 0 Å². The molecular formula is C21H26FN7O3S. The molecule has 0 aliphatic carbocycles. The van der Waals surface area contributed by atoms with E-state index in [1.807, 2.05) is 30.3 Å². The highest BCUT2D eigenvalue weighted by atomic mass is 32.2. The van der Waals surface area contributed by atoms with E-state index in [9.17, 15) is 18.2 Å². The van der Waals surface area contributed by atoms with Crippen LogP contribution in [0.3, 0.4) is 0 Å². The number of alkyl halides is 1. The van der Waals surface area contributed by atoms with Crippen LogP contribution < -0.4 is 11.4 Å². The molecule has 2 unspecified atom stereocenters. The van der Waals surface area contributed by atoms with Gasteiger partial charge in [-0.25, -0.2) is 32.5 Å².